The fourth-order valence-corrected chi connectivity index (χ4v) is 4.09. The summed E-state index contributed by atoms with van der Waals surface area (Å²) in [5.74, 6) is 0.652. The van der Waals surface area contributed by atoms with Crippen LogP contribution in [0.1, 0.15) is 11.1 Å². The molecule has 4 rings (SSSR count). The molecule has 0 spiro atoms. The van der Waals surface area contributed by atoms with Crippen LogP contribution in [0.15, 0.2) is 55.3 Å². The zero-order valence-electron chi connectivity index (χ0n) is 21.9. The van der Waals surface area contributed by atoms with E-state index >= 15 is 0 Å². The van der Waals surface area contributed by atoms with E-state index in [1.807, 2.05) is 6.07 Å². The number of ether oxygens (including phenoxy) is 1. The van der Waals surface area contributed by atoms with Gasteiger partial charge in [0.25, 0.3) is 0 Å². The first-order chi connectivity index (χ1) is 18.6. The Labute approximate surface area is 224 Å². The van der Waals surface area contributed by atoms with Gasteiger partial charge in [-0.3, -0.25) is 4.79 Å². The molecule has 0 radical (unpaired) electrons. The average molecular weight is 542 g/mol. The molecule has 2 aromatic carbocycles. The minimum Gasteiger partial charge on any atom is -0.494 e. The molecule has 0 bridgehead atoms. The van der Waals surface area contributed by atoms with Gasteiger partial charge in [-0.1, -0.05) is 12.6 Å². The smallest absolute Gasteiger partial charge is 0.416 e. The van der Waals surface area contributed by atoms with Crippen LogP contribution in [0.2, 0.25) is 0 Å². The molecule has 0 aliphatic carbocycles. The summed E-state index contributed by atoms with van der Waals surface area (Å²) in [7, 11) is 3.59. The predicted molar refractivity (Wildman–Crippen MR) is 146 cm³/mol. The second kappa shape index (κ2) is 11.6. The SMILES string of the molecule is C=CC(=O)Nc1cc(Nc2ncc(C)c(Nc3cccc(C(F)(F)F)c3)n2)c(OC)cc1N1CCN(C)CC1. The normalized spacial score (nSPS) is 14.1. The standard InChI is InChI=1S/C27H30F3N7O2/c1-5-24(38)33-20-14-21(23(39-4)15-22(20)37-11-9-36(3)10-12-37)34-26-31-16-17(2)25(35-26)32-19-8-6-7-18(13-19)27(28,29)30/h5-8,13-16H,1,9-12H2,2-4H3,(H,33,38)(H2,31,32,34,35). The molecule has 0 saturated carbocycles. The van der Waals surface area contributed by atoms with E-state index in [-0.39, 0.29) is 17.5 Å². The third kappa shape index (κ3) is 6.77. The molecule has 206 valence electrons. The van der Waals surface area contributed by atoms with E-state index in [1.54, 1.807) is 19.2 Å². The largest absolute Gasteiger partial charge is 0.494 e. The van der Waals surface area contributed by atoms with Gasteiger partial charge >= 0.3 is 6.18 Å². The van der Waals surface area contributed by atoms with E-state index in [9.17, 15) is 18.0 Å². The van der Waals surface area contributed by atoms with E-state index in [0.29, 0.717) is 28.5 Å². The number of hydrogen-bond acceptors (Lipinski definition) is 8. The Bertz CT molecular complexity index is 1360. The van der Waals surface area contributed by atoms with Crippen molar-refractivity contribution in [2.24, 2.45) is 0 Å². The number of benzene rings is 2. The van der Waals surface area contributed by atoms with E-state index in [1.165, 1.54) is 25.3 Å². The van der Waals surface area contributed by atoms with E-state index in [2.05, 4.69) is 49.3 Å². The van der Waals surface area contributed by atoms with Gasteiger partial charge < -0.3 is 30.5 Å². The molecule has 0 unspecified atom stereocenters. The number of halogens is 3. The van der Waals surface area contributed by atoms with Crippen molar-refractivity contribution in [2.75, 3.05) is 61.2 Å². The Kier molecular flexibility index (Phi) is 8.24. The number of alkyl halides is 3. The van der Waals surface area contributed by atoms with Crippen molar-refractivity contribution in [1.82, 2.24) is 14.9 Å². The van der Waals surface area contributed by atoms with Crippen molar-refractivity contribution in [3.63, 3.8) is 0 Å². The molecule has 2 heterocycles. The zero-order valence-corrected chi connectivity index (χ0v) is 21.9. The lowest BCUT2D eigenvalue weighted by Gasteiger charge is -2.35. The molecular formula is C27H30F3N7O2. The molecule has 1 aliphatic rings. The summed E-state index contributed by atoms with van der Waals surface area (Å²) in [5, 5.41) is 8.91. The quantitative estimate of drug-likeness (QED) is 0.336. The molecule has 1 fully saturated rings. The molecule has 12 heteroatoms. The molecule has 1 saturated heterocycles. The Morgan fingerprint density at radius 3 is 2.51 bits per heavy atom. The Morgan fingerprint density at radius 2 is 1.85 bits per heavy atom. The third-order valence-electron chi connectivity index (χ3n) is 6.28. The van der Waals surface area contributed by atoms with Gasteiger partial charge in [-0.05, 0) is 44.3 Å². The van der Waals surface area contributed by atoms with Crippen molar-refractivity contribution >= 4 is 40.4 Å². The highest BCUT2D eigenvalue weighted by Crippen LogP contribution is 2.39. The number of nitrogens with zero attached hydrogens (tertiary/aromatic N) is 4. The van der Waals surface area contributed by atoms with E-state index < -0.39 is 11.7 Å². The Balaban J connectivity index is 1.65. The fourth-order valence-electron chi connectivity index (χ4n) is 4.09. The summed E-state index contributed by atoms with van der Waals surface area (Å²) < 4.78 is 45.1. The highest BCUT2D eigenvalue weighted by atomic mass is 19.4. The number of carbonyl (C=O) groups excluding carboxylic acids is 1. The molecule has 0 atom stereocenters. The van der Waals surface area contributed by atoms with Crippen LogP contribution in [-0.2, 0) is 11.0 Å². The summed E-state index contributed by atoms with van der Waals surface area (Å²) >= 11 is 0. The Morgan fingerprint density at radius 1 is 1.10 bits per heavy atom. The first-order valence-corrected chi connectivity index (χ1v) is 12.2. The number of carbonyl (C=O) groups is 1. The van der Waals surface area contributed by atoms with Gasteiger partial charge in [0.15, 0.2) is 0 Å². The maximum atomic E-state index is 13.2. The van der Waals surface area contributed by atoms with Gasteiger partial charge in [-0.25, -0.2) is 4.98 Å². The molecular weight excluding hydrogens is 511 g/mol. The van der Waals surface area contributed by atoms with Crippen molar-refractivity contribution in [3.8, 4) is 5.75 Å². The number of amides is 1. The molecule has 1 amide bonds. The summed E-state index contributed by atoms with van der Waals surface area (Å²) in [6.45, 7) is 8.57. The second-order valence-corrected chi connectivity index (χ2v) is 9.11. The van der Waals surface area contributed by atoms with Crippen LogP contribution < -0.4 is 25.6 Å². The van der Waals surface area contributed by atoms with Crippen LogP contribution in [0.4, 0.5) is 47.7 Å². The van der Waals surface area contributed by atoms with Gasteiger partial charge in [0.2, 0.25) is 11.9 Å². The van der Waals surface area contributed by atoms with Crippen LogP contribution in [0.3, 0.4) is 0 Å². The molecule has 1 aromatic heterocycles. The first kappa shape index (κ1) is 27.7. The number of likely N-dealkylation sites (N-methyl/N-ethyl adjacent to an activating group) is 1. The van der Waals surface area contributed by atoms with Crippen LogP contribution in [0, 0.1) is 6.92 Å². The number of piperazine rings is 1. The van der Waals surface area contributed by atoms with Crippen molar-refractivity contribution in [1.29, 1.82) is 0 Å². The van der Waals surface area contributed by atoms with Gasteiger partial charge in [0.1, 0.15) is 11.6 Å². The number of hydrogen-bond donors (Lipinski definition) is 3. The number of aromatic nitrogens is 2. The minimum atomic E-state index is -4.46. The van der Waals surface area contributed by atoms with Gasteiger partial charge in [-0.2, -0.15) is 18.2 Å². The van der Waals surface area contributed by atoms with Gasteiger partial charge in [0, 0.05) is 49.7 Å². The van der Waals surface area contributed by atoms with Gasteiger partial charge in [0.05, 0.1) is 29.7 Å². The predicted octanol–water partition coefficient (Wildman–Crippen LogP) is 5.18. The maximum Gasteiger partial charge on any atom is 0.416 e. The van der Waals surface area contributed by atoms with Crippen LogP contribution in [0.5, 0.6) is 5.75 Å². The van der Waals surface area contributed by atoms with Crippen molar-refractivity contribution in [3.05, 3.63) is 66.4 Å². The van der Waals surface area contributed by atoms with E-state index in [4.69, 9.17) is 4.74 Å². The molecule has 1 aliphatic heterocycles. The van der Waals surface area contributed by atoms with E-state index in [0.717, 1.165) is 44.0 Å². The lowest BCUT2D eigenvalue weighted by molar-refractivity contribution is -0.137. The summed E-state index contributed by atoms with van der Waals surface area (Å²) in [4.78, 5) is 25.4. The summed E-state index contributed by atoms with van der Waals surface area (Å²) in [5.41, 5.74) is 1.95. The number of methoxy groups -OCH3 is 1. The molecule has 3 N–H and O–H groups in total. The lowest BCUT2D eigenvalue weighted by Crippen LogP contribution is -2.44. The second-order valence-electron chi connectivity index (χ2n) is 9.11. The highest BCUT2D eigenvalue weighted by molar-refractivity contribution is 6.02. The van der Waals surface area contributed by atoms with Crippen LogP contribution in [-0.4, -0.2) is 61.1 Å². The van der Waals surface area contributed by atoms with Crippen molar-refractivity contribution < 1.29 is 22.7 Å². The molecule has 39 heavy (non-hydrogen) atoms. The van der Waals surface area contributed by atoms with Crippen molar-refractivity contribution in [2.45, 2.75) is 13.1 Å². The van der Waals surface area contributed by atoms with Gasteiger partial charge in [-0.15, -0.1) is 0 Å². The molecule has 9 nitrogen and oxygen atoms in total. The van der Waals surface area contributed by atoms with Crippen LogP contribution >= 0.6 is 0 Å². The number of aryl methyl sites for hydroxylation is 1. The zero-order chi connectivity index (χ0) is 28.2. The number of rotatable bonds is 8. The molecule has 3 aromatic rings. The summed E-state index contributed by atoms with van der Waals surface area (Å²) in [6, 6.07) is 8.44. The topological polar surface area (TPSA) is 94.6 Å². The first-order valence-electron chi connectivity index (χ1n) is 12.2. The van der Waals surface area contributed by atoms with Crippen LogP contribution in [0.25, 0.3) is 0 Å². The maximum absolute atomic E-state index is 13.2. The highest BCUT2D eigenvalue weighted by Gasteiger charge is 2.30. The third-order valence-corrected chi connectivity index (χ3v) is 6.28. The number of anilines is 6. The minimum absolute atomic E-state index is 0.182. The number of nitrogens with one attached hydrogen (secondary N) is 3. The summed E-state index contributed by atoms with van der Waals surface area (Å²) in [6.07, 6.45) is -1.71. The fraction of sp³-hybridized carbons (Fsp3) is 0.296. The monoisotopic (exact) mass is 541 g/mol. The lowest BCUT2D eigenvalue weighted by atomic mass is 10.1. The average Bonchev–Trinajstić information content (AvgIpc) is 2.91. The Hall–Kier alpha value is -4.32.